The number of hydrogen-bond donors (Lipinski definition) is 2. The monoisotopic (exact) mass is 373 g/mol. The number of nitro benzene ring substituents is 1. The molecule has 0 saturated carbocycles. The predicted octanol–water partition coefficient (Wildman–Crippen LogP) is 3.90. The molecule has 0 heterocycles. The smallest absolute Gasteiger partial charge is 0.292 e. The highest BCUT2D eigenvalue weighted by atomic mass is 32.1. The molecule has 0 radical (unpaired) electrons. The number of benzene rings is 2. The average molecular weight is 373 g/mol. The van der Waals surface area contributed by atoms with Crippen LogP contribution in [-0.4, -0.2) is 22.5 Å². The number of nitrogens with zero attached hydrogens (tertiary/aromatic N) is 1. The van der Waals surface area contributed by atoms with Crippen molar-refractivity contribution in [2.75, 3.05) is 11.9 Å². The lowest BCUT2D eigenvalue weighted by molar-refractivity contribution is -0.383. The molecule has 0 aliphatic carbocycles. The van der Waals surface area contributed by atoms with E-state index >= 15 is 0 Å². The average Bonchev–Trinajstić information content (AvgIpc) is 2.62. The van der Waals surface area contributed by atoms with Crippen molar-refractivity contribution in [3.05, 3.63) is 64.2 Å². The second-order valence-electron chi connectivity index (χ2n) is 5.41. The molecule has 2 rings (SSSR count). The van der Waals surface area contributed by atoms with Crippen LogP contribution in [0, 0.1) is 10.1 Å². The molecule has 0 atom stereocenters. The summed E-state index contributed by atoms with van der Waals surface area (Å²) in [6, 6.07) is 12.7. The topological polar surface area (TPSA) is 93.5 Å². The van der Waals surface area contributed by atoms with Crippen LogP contribution >= 0.6 is 12.2 Å². The number of hydrogen-bond acceptors (Lipinski definition) is 5. The molecular weight excluding hydrogens is 354 g/mol. The summed E-state index contributed by atoms with van der Waals surface area (Å²) in [5.74, 6) is 0.275. The molecule has 0 fully saturated rings. The van der Waals surface area contributed by atoms with Crippen LogP contribution in [-0.2, 0) is 0 Å². The third-order valence-corrected chi connectivity index (χ3v) is 3.66. The highest BCUT2D eigenvalue weighted by Gasteiger charge is 2.14. The Hall–Kier alpha value is -3.00. The van der Waals surface area contributed by atoms with Crippen LogP contribution in [0.3, 0.4) is 0 Å². The molecule has 26 heavy (non-hydrogen) atoms. The highest BCUT2D eigenvalue weighted by molar-refractivity contribution is 7.80. The summed E-state index contributed by atoms with van der Waals surface area (Å²) < 4.78 is 5.54. The number of anilines is 1. The van der Waals surface area contributed by atoms with Crippen molar-refractivity contribution in [2.45, 2.75) is 19.8 Å². The summed E-state index contributed by atoms with van der Waals surface area (Å²) in [7, 11) is 0. The quantitative estimate of drug-likeness (QED) is 0.331. The molecule has 2 N–H and O–H groups in total. The first-order valence-electron chi connectivity index (χ1n) is 8.10. The summed E-state index contributed by atoms with van der Waals surface area (Å²) in [6.45, 7) is 2.71. The second-order valence-corrected chi connectivity index (χ2v) is 5.82. The first-order valence-corrected chi connectivity index (χ1v) is 8.50. The number of rotatable bonds is 7. The van der Waals surface area contributed by atoms with E-state index in [9.17, 15) is 14.9 Å². The van der Waals surface area contributed by atoms with E-state index in [1.54, 1.807) is 36.4 Å². The summed E-state index contributed by atoms with van der Waals surface area (Å²) in [4.78, 5) is 22.7. The Morgan fingerprint density at radius 3 is 2.54 bits per heavy atom. The number of carbonyl (C=O) groups excluding carboxylic acids is 1. The number of unbranched alkanes of at least 4 members (excludes halogenated alkanes) is 1. The van der Waals surface area contributed by atoms with Crippen LogP contribution in [0.1, 0.15) is 30.1 Å². The minimum Gasteiger partial charge on any atom is -0.494 e. The Morgan fingerprint density at radius 1 is 1.19 bits per heavy atom. The van der Waals surface area contributed by atoms with Gasteiger partial charge < -0.3 is 10.1 Å². The standard InChI is InChI=1S/C18H19N3O4S/c1-2-3-12-25-14-10-8-13(9-11-14)17(22)20-18(26)19-15-6-4-5-7-16(15)21(23)24/h4-11H,2-3,12H2,1H3,(H2,19,20,22,26). The molecule has 136 valence electrons. The molecule has 0 unspecified atom stereocenters. The van der Waals surface area contributed by atoms with Crippen molar-refractivity contribution in [3.63, 3.8) is 0 Å². The fraction of sp³-hybridized carbons (Fsp3) is 0.222. The SMILES string of the molecule is CCCCOc1ccc(C(=O)NC(=S)Nc2ccccc2[N+](=O)[O-])cc1. The van der Waals surface area contributed by atoms with E-state index in [-0.39, 0.29) is 16.5 Å². The van der Waals surface area contributed by atoms with Gasteiger partial charge in [0.25, 0.3) is 11.6 Å². The molecule has 7 nitrogen and oxygen atoms in total. The first-order chi connectivity index (χ1) is 12.5. The van der Waals surface area contributed by atoms with Crippen LogP contribution in [0.15, 0.2) is 48.5 Å². The molecule has 1 amide bonds. The largest absolute Gasteiger partial charge is 0.494 e. The Bertz CT molecular complexity index is 793. The number of ether oxygens (including phenoxy) is 1. The van der Waals surface area contributed by atoms with Crippen LogP contribution < -0.4 is 15.4 Å². The molecule has 0 spiro atoms. The fourth-order valence-electron chi connectivity index (χ4n) is 2.10. The Labute approximate surface area is 156 Å². The van der Waals surface area contributed by atoms with Crippen LogP contribution in [0.2, 0.25) is 0 Å². The van der Waals surface area contributed by atoms with Gasteiger partial charge in [-0.3, -0.25) is 20.2 Å². The number of thiocarbonyl (C=S) groups is 1. The summed E-state index contributed by atoms with van der Waals surface area (Å²) in [5, 5.41) is 16.1. The third-order valence-electron chi connectivity index (χ3n) is 3.46. The number of para-hydroxylation sites is 2. The number of nitro groups is 1. The van der Waals surface area contributed by atoms with E-state index in [0.717, 1.165) is 12.8 Å². The van der Waals surface area contributed by atoms with Crippen LogP contribution in [0.4, 0.5) is 11.4 Å². The third kappa shape index (κ3) is 5.52. The van der Waals surface area contributed by atoms with Crippen molar-refractivity contribution < 1.29 is 14.5 Å². The van der Waals surface area contributed by atoms with E-state index in [4.69, 9.17) is 17.0 Å². The molecule has 0 aliphatic rings. The van der Waals surface area contributed by atoms with Gasteiger partial charge in [-0.1, -0.05) is 25.5 Å². The van der Waals surface area contributed by atoms with Gasteiger partial charge in [0.2, 0.25) is 0 Å². The van der Waals surface area contributed by atoms with E-state index in [0.29, 0.717) is 17.9 Å². The molecular formula is C18H19N3O4S. The predicted molar refractivity (Wildman–Crippen MR) is 104 cm³/mol. The maximum Gasteiger partial charge on any atom is 0.292 e. The molecule has 0 aliphatic heterocycles. The van der Waals surface area contributed by atoms with E-state index in [1.165, 1.54) is 12.1 Å². The lowest BCUT2D eigenvalue weighted by atomic mass is 10.2. The zero-order valence-corrected chi connectivity index (χ0v) is 15.0. The molecule has 0 aromatic heterocycles. The second kappa shape index (κ2) is 9.47. The molecule has 2 aromatic rings. The normalized spacial score (nSPS) is 10.0. The highest BCUT2D eigenvalue weighted by Crippen LogP contribution is 2.23. The van der Waals surface area contributed by atoms with E-state index < -0.39 is 10.8 Å². The first kappa shape index (κ1) is 19.3. The Morgan fingerprint density at radius 2 is 1.88 bits per heavy atom. The van der Waals surface area contributed by atoms with Crippen molar-refractivity contribution >= 4 is 34.6 Å². The summed E-state index contributed by atoms with van der Waals surface area (Å²) in [5.41, 5.74) is 0.486. The molecule has 2 aromatic carbocycles. The van der Waals surface area contributed by atoms with Crippen molar-refractivity contribution in [1.82, 2.24) is 5.32 Å². The number of carbonyl (C=O) groups is 1. The van der Waals surface area contributed by atoms with Crippen molar-refractivity contribution in [3.8, 4) is 5.75 Å². The summed E-state index contributed by atoms with van der Waals surface area (Å²) in [6.07, 6.45) is 2.01. The summed E-state index contributed by atoms with van der Waals surface area (Å²) >= 11 is 5.06. The Kier molecular flexibility index (Phi) is 7.04. The minimum absolute atomic E-state index is 0.0208. The van der Waals surface area contributed by atoms with Gasteiger partial charge in [0.1, 0.15) is 11.4 Å². The van der Waals surface area contributed by atoms with Gasteiger partial charge in [0.05, 0.1) is 11.5 Å². The zero-order chi connectivity index (χ0) is 18.9. The van der Waals surface area contributed by atoms with Gasteiger partial charge >= 0.3 is 0 Å². The van der Waals surface area contributed by atoms with Crippen LogP contribution in [0.5, 0.6) is 5.75 Å². The van der Waals surface area contributed by atoms with Gasteiger partial charge in [-0.2, -0.15) is 0 Å². The number of amides is 1. The fourth-order valence-corrected chi connectivity index (χ4v) is 2.31. The van der Waals surface area contributed by atoms with Crippen molar-refractivity contribution in [2.24, 2.45) is 0 Å². The zero-order valence-electron chi connectivity index (χ0n) is 14.2. The molecule has 0 bridgehead atoms. The minimum atomic E-state index is -0.524. The van der Waals surface area contributed by atoms with Gasteiger partial charge in [-0.25, -0.2) is 0 Å². The van der Waals surface area contributed by atoms with Crippen molar-refractivity contribution in [1.29, 1.82) is 0 Å². The maximum atomic E-state index is 12.2. The van der Waals surface area contributed by atoms with Crippen LogP contribution in [0.25, 0.3) is 0 Å². The van der Waals surface area contributed by atoms with Gasteiger partial charge in [-0.15, -0.1) is 0 Å². The van der Waals surface area contributed by atoms with Gasteiger partial charge in [-0.05, 0) is 49.0 Å². The molecule has 0 saturated heterocycles. The van der Waals surface area contributed by atoms with E-state index in [2.05, 4.69) is 17.6 Å². The van der Waals surface area contributed by atoms with Gasteiger partial charge in [0, 0.05) is 11.6 Å². The van der Waals surface area contributed by atoms with Gasteiger partial charge in [0.15, 0.2) is 5.11 Å². The van der Waals surface area contributed by atoms with E-state index in [1.807, 2.05) is 0 Å². The maximum absolute atomic E-state index is 12.2. The lowest BCUT2D eigenvalue weighted by Gasteiger charge is -2.10. The Balaban J connectivity index is 1.95. The lowest BCUT2D eigenvalue weighted by Crippen LogP contribution is -2.34. The number of nitrogens with one attached hydrogen (secondary N) is 2. The molecule has 8 heteroatoms.